The van der Waals surface area contributed by atoms with Crippen molar-refractivity contribution < 1.29 is 9.15 Å². The molecular formula is C16H18Br2O2. The van der Waals surface area contributed by atoms with Crippen LogP contribution < -0.4 is 4.74 Å². The van der Waals surface area contributed by atoms with Gasteiger partial charge in [-0.2, -0.15) is 0 Å². The van der Waals surface area contributed by atoms with Crippen LogP contribution in [-0.4, -0.2) is 6.61 Å². The van der Waals surface area contributed by atoms with Gasteiger partial charge in [0.05, 0.1) is 11.4 Å². The third kappa shape index (κ3) is 2.96. The van der Waals surface area contributed by atoms with Crippen molar-refractivity contribution in [2.24, 2.45) is 0 Å². The largest absolute Gasteiger partial charge is 0.494 e. The van der Waals surface area contributed by atoms with Crippen LogP contribution in [0.1, 0.15) is 40.0 Å². The summed E-state index contributed by atoms with van der Waals surface area (Å²) in [5.41, 5.74) is 3.47. The molecule has 0 saturated carbocycles. The van der Waals surface area contributed by atoms with Crippen molar-refractivity contribution in [3.8, 4) is 5.75 Å². The monoisotopic (exact) mass is 400 g/mol. The molecule has 1 heterocycles. The molecule has 0 spiro atoms. The lowest BCUT2D eigenvalue weighted by Crippen LogP contribution is -2.01. The zero-order chi connectivity index (χ0) is 14.9. The molecule has 0 radical (unpaired) electrons. The fourth-order valence-corrected chi connectivity index (χ4v) is 3.75. The highest BCUT2D eigenvalue weighted by Crippen LogP contribution is 2.42. The summed E-state index contributed by atoms with van der Waals surface area (Å²) in [6.07, 6.45) is 0. The Balaban J connectivity index is 2.52. The van der Waals surface area contributed by atoms with Crippen LogP contribution in [-0.2, 0) is 0 Å². The molecule has 1 unspecified atom stereocenters. The molecule has 2 rings (SSSR count). The van der Waals surface area contributed by atoms with E-state index < -0.39 is 0 Å². The molecule has 1 aromatic heterocycles. The first-order valence-electron chi connectivity index (χ1n) is 6.58. The maximum Gasteiger partial charge on any atom is 0.124 e. The molecule has 0 saturated heterocycles. The Hall–Kier alpha value is -0.740. The van der Waals surface area contributed by atoms with Crippen LogP contribution in [0.5, 0.6) is 5.75 Å². The SMILES string of the molecule is CCOc1ccc(Br)cc1C(Br)c1c(C)oc(C)c1C. The number of halogens is 2. The van der Waals surface area contributed by atoms with Crippen LogP contribution in [0.3, 0.4) is 0 Å². The molecule has 1 aromatic carbocycles. The van der Waals surface area contributed by atoms with Crippen LogP contribution in [0, 0.1) is 20.8 Å². The first-order valence-corrected chi connectivity index (χ1v) is 8.29. The Bertz CT molecular complexity index is 617. The normalized spacial score (nSPS) is 12.5. The van der Waals surface area contributed by atoms with Crippen molar-refractivity contribution in [2.75, 3.05) is 6.61 Å². The van der Waals surface area contributed by atoms with Crippen LogP contribution in [0.4, 0.5) is 0 Å². The van der Waals surface area contributed by atoms with Crippen molar-refractivity contribution in [3.63, 3.8) is 0 Å². The van der Waals surface area contributed by atoms with Crippen molar-refractivity contribution in [1.82, 2.24) is 0 Å². The van der Waals surface area contributed by atoms with Gasteiger partial charge in [0, 0.05) is 15.6 Å². The predicted octanol–water partition coefficient (Wildman–Crippen LogP) is 5.85. The van der Waals surface area contributed by atoms with Crippen molar-refractivity contribution in [3.05, 3.63) is 50.9 Å². The molecule has 0 N–H and O–H groups in total. The molecule has 2 aromatic rings. The topological polar surface area (TPSA) is 22.4 Å². The Morgan fingerprint density at radius 2 is 1.90 bits per heavy atom. The number of ether oxygens (including phenoxy) is 1. The number of benzene rings is 1. The molecule has 1 atom stereocenters. The molecule has 2 nitrogen and oxygen atoms in total. The van der Waals surface area contributed by atoms with Crippen LogP contribution in [0.15, 0.2) is 27.1 Å². The van der Waals surface area contributed by atoms with Gasteiger partial charge in [0.25, 0.3) is 0 Å². The van der Waals surface area contributed by atoms with E-state index in [1.54, 1.807) is 0 Å². The Morgan fingerprint density at radius 1 is 1.20 bits per heavy atom. The zero-order valence-corrected chi connectivity index (χ0v) is 15.3. The third-order valence-corrected chi connectivity index (χ3v) is 4.86. The number of hydrogen-bond donors (Lipinski definition) is 0. The minimum Gasteiger partial charge on any atom is -0.494 e. The lowest BCUT2D eigenvalue weighted by atomic mass is 10.0. The van der Waals surface area contributed by atoms with Gasteiger partial charge in [-0.25, -0.2) is 0 Å². The van der Waals surface area contributed by atoms with E-state index in [2.05, 4.69) is 44.8 Å². The van der Waals surface area contributed by atoms with E-state index in [1.165, 1.54) is 11.1 Å². The molecule has 0 aliphatic rings. The maximum atomic E-state index is 5.74. The van der Waals surface area contributed by atoms with E-state index in [-0.39, 0.29) is 4.83 Å². The number of hydrogen-bond acceptors (Lipinski definition) is 2. The first-order chi connectivity index (χ1) is 9.45. The summed E-state index contributed by atoms with van der Waals surface area (Å²) in [4.78, 5) is 0.0546. The van der Waals surface area contributed by atoms with E-state index in [9.17, 15) is 0 Å². The third-order valence-electron chi connectivity index (χ3n) is 3.42. The minimum absolute atomic E-state index is 0.0546. The number of furan rings is 1. The Morgan fingerprint density at radius 3 is 2.45 bits per heavy atom. The average molecular weight is 402 g/mol. The van der Waals surface area contributed by atoms with Crippen molar-refractivity contribution in [1.29, 1.82) is 0 Å². The van der Waals surface area contributed by atoms with E-state index in [4.69, 9.17) is 9.15 Å². The van der Waals surface area contributed by atoms with Crippen LogP contribution in [0.2, 0.25) is 0 Å². The fourth-order valence-electron chi connectivity index (χ4n) is 2.34. The summed E-state index contributed by atoms with van der Waals surface area (Å²) in [5, 5.41) is 0. The average Bonchev–Trinajstić information content (AvgIpc) is 2.65. The molecule has 0 bridgehead atoms. The summed E-state index contributed by atoms with van der Waals surface area (Å²) in [6.45, 7) is 8.73. The van der Waals surface area contributed by atoms with Gasteiger partial charge in [-0.15, -0.1) is 0 Å². The molecule has 0 aliphatic heterocycles. The molecule has 0 aliphatic carbocycles. The predicted molar refractivity (Wildman–Crippen MR) is 89.0 cm³/mol. The van der Waals surface area contributed by atoms with Gasteiger partial charge >= 0.3 is 0 Å². The molecule has 20 heavy (non-hydrogen) atoms. The molecule has 4 heteroatoms. The van der Waals surface area contributed by atoms with Gasteiger partial charge in [0.1, 0.15) is 17.3 Å². The van der Waals surface area contributed by atoms with E-state index >= 15 is 0 Å². The van der Waals surface area contributed by atoms with Gasteiger partial charge in [0.15, 0.2) is 0 Å². The number of rotatable bonds is 4. The molecule has 0 fully saturated rings. The minimum atomic E-state index is 0.0546. The Labute approximate surface area is 136 Å². The highest BCUT2D eigenvalue weighted by Gasteiger charge is 2.23. The van der Waals surface area contributed by atoms with Crippen molar-refractivity contribution >= 4 is 31.9 Å². The molecule has 108 valence electrons. The van der Waals surface area contributed by atoms with Gasteiger partial charge in [-0.05, 0) is 51.5 Å². The second-order valence-electron chi connectivity index (χ2n) is 4.73. The summed E-state index contributed by atoms with van der Waals surface area (Å²) < 4.78 is 12.5. The molecule has 0 amide bonds. The van der Waals surface area contributed by atoms with Crippen molar-refractivity contribution in [2.45, 2.75) is 32.5 Å². The second kappa shape index (κ2) is 6.35. The van der Waals surface area contributed by atoms with Gasteiger partial charge in [-0.3, -0.25) is 0 Å². The number of aryl methyl sites for hydroxylation is 2. The first kappa shape index (κ1) is 15.6. The summed E-state index contributed by atoms with van der Waals surface area (Å²) in [5.74, 6) is 2.81. The van der Waals surface area contributed by atoms with Gasteiger partial charge in [-0.1, -0.05) is 31.9 Å². The van der Waals surface area contributed by atoms with E-state index in [1.807, 2.05) is 32.9 Å². The molecular weight excluding hydrogens is 384 g/mol. The quantitative estimate of drug-likeness (QED) is 0.599. The van der Waals surface area contributed by atoms with Crippen LogP contribution in [0.25, 0.3) is 0 Å². The lowest BCUT2D eigenvalue weighted by molar-refractivity contribution is 0.337. The van der Waals surface area contributed by atoms with Gasteiger partial charge < -0.3 is 9.15 Å². The fraction of sp³-hybridized carbons (Fsp3) is 0.375. The standard InChI is InChI=1S/C16H18Br2O2/c1-5-19-14-7-6-12(17)8-13(14)16(18)15-9(2)10(3)20-11(15)4/h6-8,16H,5H2,1-4H3. The highest BCUT2D eigenvalue weighted by atomic mass is 79.9. The highest BCUT2D eigenvalue weighted by molar-refractivity contribution is 9.10. The van der Waals surface area contributed by atoms with Gasteiger partial charge in [0.2, 0.25) is 0 Å². The maximum absolute atomic E-state index is 5.74. The lowest BCUT2D eigenvalue weighted by Gasteiger charge is -2.16. The zero-order valence-electron chi connectivity index (χ0n) is 12.1. The number of alkyl halides is 1. The smallest absolute Gasteiger partial charge is 0.124 e. The summed E-state index contributed by atoms with van der Waals surface area (Å²) in [6, 6.07) is 6.08. The summed E-state index contributed by atoms with van der Waals surface area (Å²) >= 11 is 7.33. The van der Waals surface area contributed by atoms with E-state index in [0.717, 1.165) is 27.3 Å². The Kier molecular flexibility index (Phi) is 4.97. The summed E-state index contributed by atoms with van der Waals surface area (Å²) in [7, 11) is 0. The van der Waals surface area contributed by atoms with Crippen LogP contribution >= 0.6 is 31.9 Å². The second-order valence-corrected chi connectivity index (χ2v) is 6.56. The van der Waals surface area contributed by atoms with E-state index in [0.29, 0.717) is 6.61 Å².